The number of aromatic amines is 1. The molecular weight excluding hydrogens is 386 g/mol. The number of ether oxygens (including phenoxy) is 2. The summed E-state index contributed by atoms with van der Waals surface area (Å²) in [6.45, 7) is 2.68. The number of likely N-dealkylation sites (tertiary alicyclic amines) is 1. The first-order chi connectivity index (χ1) is 14.8. The number of nitrogens with zero attached hydrogens (tertiary/aromatic N) is 4. The first kappa shape index (κ1) is 21.0. The van der Waals surface area contributed by atoms with Crippen LogP contribution in [0.4, 0.5) is 0 Å². The van der Waals surface area contributed by atoms with Crippen LogP contribution in [0.2, 0.25) is 0 Å². The maximum absolute atomic E-state index is 13.1. The van der Waals surface area contributed by atoms with Crippen LogP contribution in [0.1, 0.15) is 77.9 Å². The minimum Gasteiger partial charge on any atom is -0.382 e. The molecule has 0 saturated carbocycles. The van der Waals surface area contributed by atoms with Gasteiger partial charge in [0.15, 0.2) is 11.5 Å². The van der Waals surface area contributed by atoms with E-state index in [9.17, 15) is 4.79 Å². The number of piperidine rings is 1. The molecule has 1 aliphatic heterocycles. The van der Waals surface area contributed by atoms with E-state index in [1.807, 2.05) is 4.90 Å². The lowest BCUT2D eigenvalue weighted by Gasteiger charge is -2.30. The van der Waals surface area contributed by atoms with Crippen molar-refractivity contribution in [2.75, 3.05) is 33.4 Å². The van der Waals surface area contributed by atoms with Gasteiger partial charge in [0.1, 0.15) is 6.61 Å². The molecule has 9 heteroatoms. The molecule has 4 rings (SSSR count). The van der Waals surface area contributed by atoms with Crippen molar-refractivity contribution >= 4 is 5.91 Å². The first-order valence-electron chi connectivity index (χ1n) is 11.0. The van der Waals surface area contributed by atoms with Gasteiger partial charge in [-0.15, -0.1) is 0 Å². The standard InChI is InChI=1S/C21H31N5O4/c1-28-12-13-29-14-18-22-20(25-30-18)15-8-10-26(11-9-15)21(27)19-16-6-4-2-3-5-7-17(16)23-24-19/h15H,2-14H2,1H3,(H,23,24). The van der Waals surface area contributed by atoms with E-state index in [1.165, 1.54) is 19.3 Å². The number of H-pyrrole nitrogens is 1. The highest BCUT2D eigenvalue weighted by atomic mass is 16.5. The molecule has 1 N–H and O–H groups in total. The van der Waals surface area contributed by atoms with Crippen LogP contribution < -0.4 is 0 Å². The number of aromatic nitrogens is 4. The van der Waals surface area contributed by atoms with Crippen LogP contribution in [0.5, 0.6) is 0 Å². The van der Waals surface area contributed by atoms with E-state index in [2.05, 4.69) is 20.3 Å². The van der Waals surface area contributed by atoms with Gasteiger partial charge >= 0.3 is 0 Å². The normalized spacial score (nSPS) is 18.1. The zero-order valence-electron chi connectivity index (χ0n) is 17.7. The Hall–Kier alpha value is -2.26. The summed E-state index contributed by atoms with van der Waals surface area (Å²) in [7, 11) is 1.63. The molecule has 0 unspecified atom stereocenters. The summed E-state index contributed by atoms with van der Waals surface area (Å²) in [5, 5.41) is 11.6. The van der Waals surface area contributed by atoms with Crippen molar-refractivity contribution in [2.45, 2.75) is 63.9 Å². The Kier molecular flexibility index (Phi) is 7.11. The molecule has 2 aromatic rings. The quantitative estimate of drug-likeness (QED) is 0.690. The minimum absolute atomic E-state index is 0.0480. The zero-order valence-corrected chi connectivity index (χ0v) is 17.7. The number of carbonyl (C=O) groups excluding carboxylic acids is 1. The van der Waals surface area contributed by atoms with Crippen molar-refractivity contribution in [1.29, 1.82) is 0 Å². The van der Waals surface area contributed by atoms with Crippen molar-refractivity contribution in [3.05, 3.63) is 28.7 Å². The van der Waals surface area contributed by atoms with Gasteiger partial charge in [0.25, 0.3) is 11.8 Å². The summed E-state index contributed by atoms with van der Waals surface area (Å²) < 4.78 is 15.7. The van der Waals surface area contributed by atoms with E-state index in [0.717, 1.165) is 43.4 Å². The van der Waals surface area contributed by atoms with E-state index in [4.69, 9.17) is 14.0 Å². The second-order valence-electron chi connectivity index (χ2n) is 8.10. The molecule has 3 heterocycles. The Labute approximate surface area is 176 Å². The van der Waals surface area contributed by atoms with Gasteiger partial charge in [-0.3, -0.25) is 9.89 Å². The number of rotatable bonds is 7. The number of nitrogens with one attached hydrogen (secondary N) is 1. The van der Waals surface area contributed by atoms with E-state index < -0.39 is 0 Å². The average molecular weight is 418 g/mol. The summed E-state index contributed by atoms with van der Waals surface area (Å²) in [4.78, 5) is 19.5. The molecule has 30 heavy (non-hydrogen) atoms. The molecule has 1 amide bonds. The molecule has 164 valence electrons. The van der Waals surface area contributed by atoms with Gasteiger partial charge < -0.3 is 18.9 Å². The Morgan fingerprint density at radius 1 is 1.17 bits per heavy atom. The fourth-order valence-electron chi connectivity index (χ4n) is 4.30. The molecular formula is C21H31N5O4. The molecule has 0 spiro atoms. The molecule has 9 nitrogen and oxygen atoms in total. The summed E-state index contributed by atoms with van der Waals surface area (Å²) in [6.07, 6.45) is 8.36. The predicted octanol–water partition coefficient (Wildman–Crippen LogP) is 2.63. The number of carbonyl (C=O) groups is 1. The topological polar surface area (TPSA) is 106 Å². The fourth-order valence-corrected chi connectivity index (χ4v) is 4.30. The predicted molar refractivity (Wildman–Crippen MR) is 108 cm³/mol. The lowest BCUT2D eigenvalue weighted by molar-refractivity contribution is 0.0494. The van der Waals surface area contributed by atoms with Gasteiger partial charge in [-0.2, -0.15) is 10.1 Å². The average Bonchev–Trinajstić information content (AvgIpc) is 3.38. The number of hydrogen-bond acceptors (Lipinski definition) is 7. The third-order valence-electron chi connectivity index (χ3n) is 6.05. The van der Waals surface area contributed by atoms with Gasteiger partial charge in [-0.05, 0) is 38.5 Å². The van der Waals surface area contributed by atoms with E-state index in [1.54, 1.807) is 7.11 Å². The van der Waals surface area contributed by atoms with Crippen LogP contribution in [0.25, 0.3) is 0 Å². The molecule has 1 saturated heterocycles. The van der Waals surface area contributed by atoms with Crippen LogP contribution >= 0.6 is 0 Å². The lowest BCUT2D eigenvalue weighted by atomic mass is 9.94. The molecule has 1 fully saturated rings. The third kappa shape index (κ3) is 4.89. The van der Waals surface area contributed by atoms with Crippen molar-refractivity contribution in [1.82, 2.24) is 25.2 Å². The first-order valence-corrected chi connectivity index (χ1v) is 11.0. The number of methoxy groups -OCH3 is 1. The van der Waals surface area contributed by atoms with Crippen molar-refractivity contribution in [3.63, 3.8) is 0 Å². The molecule has 1 aliphatic carbocycles. The van der Waals surface area contributed by atoms with Crippen LogP contribution in [-0.2, 0) is 28.9 Å². The van der Waals surface area contributed by atoms with Gasteiger partial charge in [-0.25, -0.2) is 0 Å². The maximum Gasteiger partial charge on any atom is 0.274 e. The third-order valence-corrected chi connectivity index (χ3v) is 6.05. The smallest absolute Gasteiger partial charge is 0.274 e. The monoisotopic (exact) mass is 417 g/mol. The second-order valence-corrected chi connectivity index (χ2v) is 8.10. The summed E-state index contributed by atoms with van der Waals surface area (Å²) in [5.41, 5.74) is 2.92. The van der Waals surface area contributed by atoms with Crippen LogP contribution in [-0.4, -0.2) is 64.6 Å². The summed E-state index contributed by atoms with van der Waals surface area (Å²) >= 11 is 0. The van der Waals surface area contributed by atoms with Gasteiger partial charge in [-0.1, -0.05) is 18.0 Å². The number of hydrogen-bond donors (Lipinski definition) is 1. The van der Waals surface area contributed by atoms with Crippen molar-refractivity contribution < 1.29 is 18.8 Å². The molecule has 2 aliphatic rings. The number of fused-ring (bicyclic) bond motifs is 1. The minimum atomic E-state index is 0.0480. The van der Waals surface area contributed by atoms with Gasteiger partial charge in [0.05, 0.1) is 13.2 Å². The second kappa shape index (κ2) is 10.2. The zero-order chi connectivity index (χ0) is 20.8. The molecule has 0 radical (unpaired) electrons. The van der Waals surface area contributed by atoms with Crippen LogP contribution in [0.15, 0.2) is 4.52 Å². The van der Waals surface area contributed by atoms with Gasteiger partial charge in [0.2, 0.25) is 0 Å². The molecule has 0 atom stereocenters. The van der Waals surface area contributed by atoms with Gasteiger partial charge in [0, 0.05) is 37.4 Å². The highest BCUT2D eigenvalue weighted by molar-refractivity contribution is 5.94. The van der Waals surface area contributed by atoms with E-state index in [0.29, 0.717) is 43.7 Å². The summed E-state index contributed by atoms with van der Waals surface area (Å²) in [5.74, 6) is 1.43. The largest absolute Gasteiger partial charge is 0.382 e. The highest BCUT2D eigenvalue weighted by Crippen LogP contribution is 2.28. The van der Waals surface area contributed by atoms with E-state index >= 15 is 0 Å². The van der Waals surface area contributed by atoms with Crippen LogP contribution in [0.3, 0.4) is 0 Å². The molecule has 2 aromatic heterocycles. The fraction of sp³-hybridized carbons (Fsp3) is 0.714. The Balaban J connectivity index is 1.31. The lowest BCUT2D eigenvalue weighted by Crippen LogP contribution is -2.38. The maximum atomic E-state index is 13.1. The summed E-state index contributed by atoms with van der Waals surface area (Å²) in [6, 6.07) is 0. The SMILES string of the molecule is COCCOCc1nc(C2CCN(C(=O)c3n[nH]c4c3CCCCCC4)CC2)no1. The van der Waals surface area contributed by atoms with E-state index in [-0.39, 0.29) is 18.4 Å². The number of aryl methyl sites for hydroxylation is 1. The Morgan fingerprint density at radius 3 is 2.77 bits per heavy atom. The van der Waals surface area contributed by atoms with Crippen molar-refractivity contribution in [3.8, 4) is 0 Å². The molecule has 0 aromatic carbocycles. The molecule has 0 bridgehead atoms. The van der Waals surface area contributed by atoms with Crippen molar-refractivity contribution in [2.24, 2.45) is 0 Å². The number of amides is 1. The van der Waals surface area contributed by atoms with Crippen LogP contribution in [0, 0.1) is 0 Å². The highest BCUT2D eigenvalue weighted by Gasteiger charge is 2.30. The Bertz CT molecular complexity index is 825. The Morgan fingerprint density at radius 2 is 1.97 bits per heavy atom.